The minimum absolute atomic E-state index is 0.347. The molecule has 4 aromatic rings. The van der Waals surface area contributed by atoms with Crippen molar-refractivity contribution in [2.45, 2.75) is 0 Å². The minimum atomic E-state index is -0.459. The summed E-state index contributed by atoms with van der Waals surface area (Å²) in [6.45, 7) is 0. The molecule has 0 amide bonds. The van der Waals surface area contributed by atoms with Crippen LogP contribution in [0.2, 0.25) is 0 Å². The van der Waals surface area contributed by atoms with E-state index in [-0.39, 0.29) is 5.97 Å². The van der Waals surface area contributed by atoms with Crippen molar-refractivity contribution < 1.29 is 42.7 Å². The van der Waals surface area contributed by atoms with Gasteiger partial charge >= 0.3 is 11.9 Å². The Balaban J connectivity index is 0.000000194. The van der Waals surface area contributed by atoms with Crippen molar-refractivity contribution in [3.63, 3.8) is 0 Å². The Kier molecular flexibility index (Phi) is 10.6. The summed E-state index contributed by atoms with van der Waals surface area (Å²) in [5.74, 6) is 3.27. The number of carbonyl (C=O) groups excluding carboxylic acids is 2. The molecule has 48 heavy (non-hydrogen) atoms. The van der Waals surface area contributed by atoms with E-state index < -0.39 is 5.97 Å². The highest BCUT2D eigenvalue weighted by molar-refractivity contribution is 6.06. The molecular formula is C39H34O9. The zero-order chi connectivity index (χ0) is 34.0. The van der Waals surface area contributed by atoms with Crippen LogP contribution in [-0.2, 0) is 19.1 Å². The average molecular weight is 647 g/mol. The van der Waals surface area contributed by atoms with Crippen LogP contribution in [0.1, 0.15) is 22.3 Å². The topological polar surface area (TPSA) is 98.8 Å². The van der Waals surface area contributed by atoms with E-state index >= 15 is 0 Å². The standard InChI is InChI=1S/C21H20O6.C18H14O3/c1-23-15-5-7-18(25-3)13(10-15)9-14-11-20(27-21(14)22)17-12-16(24-2)6-8-19(17)26-4;1-20-16-10-6-5-9-15(16)17-12-14(18(19)21-17)11-13-7-3-2-4-8-13/h5-12H,1-4H3;2-12H,1H3/b14-9-;14-11-. The van der Waals surface area contributed by atoms with Crippen molar-refractivity contribution in [3.8, 4) is 28.7 Å². The largest absolute Gasteiger partial charge is 0.497 e. The molecule has 0 atom stereocenters. The second-order valence-corrected chi connectivity index (χ2v) is 10.3. The smallest absolute Gasteiger partial charge is 0.343 e. The molecule has 2 heterocycles. The number of ether oxygens (including phenoxy) is 7. The predicted molar refractivity (Wildman–Crippen MR) is 183 cm³/mol. The van der Waals surface area contributed by atoms with E-state index in [9.17, 15) is 9.59 Å². The first-order chi connectivity index (χ1) is 23.4. The number of methoxy groups -OCH3 is 5. The lowest BCUT2D eigenvalue weighted by molar-refractivity contribution is -0.131. The number of benzene rings is 4. The van der Waals surface area contributed by atoms with Crippen molar-refractivity contribution >= 4 is 35.6 Å². The maximum absolute atomic E-state index is 12.4. The Labute approximate surface area is 278 Å². The fraction of sp³-hybridized carbons (Fsp3) is 0.128. The van der Waals surface area contributed by atoms with E-state index in [2.05, 4.69) is 0 Å². The van der Waals surface area contributed by atoms with Crippen LogP contribution in [0.5, 0.6) is 28.7 Å². The van der Waals surface area contributed by atoms with Gasteiger partial charge in [0.25, 0.3) is 0 Å². The maximum Gasteiger partial charge on any atom is 0.343 e. The first-order valence-corrected chi connectivity index (χ1v) is 14.8. The lowest BCUT2D eigenvalue weighted by Gasteiger charge is -2.10. The number of hydrogen-bond donors (Lipinski definition) is 0. The minimum Gasteiger partial charge on any atom is -0.497 e. The predicted octanol–water partition coefficient (Wildman–Crippen LogP) is 7.38. The lowest BCUT2D eigenvalue weighted by Crippen LogP contribution is -1.99. The second-order valence-electron chi connectivity index (χ2n) is 10.3. The van der Waals surface area contributed by atoms with Gasteiger partial charge in [0.15, 0.2) is 0 Å². The van der Waals surface area contributed by atoms with Gasteiger partial charge in [-0.2, -0.15) is 0 Å². The van der Waals surface area contributed by atoms with Gasteiger partial charge in [0.1, 0.15) is 40.3 Å². The molecule has 6 rings (SSSR count). The van der Waals surface area contributed by atoms with Crippen LogP contribution < -0.4 is 23.7 Å². The number of para-hydroxylation sites is 1. The SMILES string of the molecule is COc1ccc(OC)c(/C=C2/C=C(c3cc(OC)ccc3OC)OC2=O)c1.COc1ccccc1C1=C/C(=C/c2ccccc2)C(=O)O1. The summed E-state index contributed by atoms with van der Waals surface area (Å²) in [6.07, 6.45) is 6.92. The number of rotatable bonds is 9. The molecule has 0 aromatic heterocycles. The molecule has 4 aromatic carbocycles. The fourth-order valence-corrected chi connectivity index (χ4v) is 4.95. The normalized spacial score (nSPS) is 15.1. The summed E-state index contributed by atoms with van der Waals surface area (Å²) in [5, 5.41) is 0. The molecule has 0 aliphatic carbocycles. The Morgan fingerprint density at radius 3 is 1.65 bits per heavy atom. The molecule has 2 aliphatic rings. The van der Waals surface area contributed by atoms with Crippen LogP contribution in [-0.4, -0.2) is 47.5 Å². The van der Waals surface area contributed by atoms with Crippen LogP contribution in [0.25, 0.3) is 23.7 Å². The summed E-state index contributed by atoms with van der Waals surface area (Å²) >= 11 is 0. The van der Waals surface area contributed by atoms with E-state index in [1.165, 1.54) is 0 Å². The van der Waals surface area contributed by atoms with Gasteiger partial charge in [0.05, 0.1) is 57.8 Å². The van der Waals surface area contributed by atoms with Gasteiger partial charge in [-0.05, 0) is 78.4 Å². The molecule has 0 saturated heterocycles. The second kappa shape index (κ2) is 15.4. The van der Waals surface area contributed by atoms with E-state index in [0.717, 1.165) is 11.1 Å². The quantitative estimate of drug-likeness (QED) is 0.136. The molecule has 244 valence electrons. The van der Waals surface area contributed by atoms with Gasteiger partial charge in [-0.1, -0.05) is 42.5 Å². The van der Waals surface area contributed by atoms with Crippen molar-refractivity contribution in [1.29, 1.82) is 0 Å². The van der Waals surface area contributed by atoms with Crippen molar-refractivity contribution in [2.75, 3.05) is 35.5 Å². The summed E-state index contributed by atoms with van der Waals surface area (Å²) in [4.78, 5) is 24.4. The number of cyclic esters (lactones) is 2. The maximum atomic E-state index is 12.4. The summed E-state index contributed by atoms with van der Waals surface area (Å²) in [5.41, 5.74) is 3.99. The molecule has 0 radical (unpaired) electrons. The third-order valence-electron chi connectivity index (χ3n) is 7.36. The molecule has 0 saturated carbocycles. The fourth-order valence-electron chi connectivity index (χ4n) is 4.95. The van der Waals surface area contributed by atoms with Gasteiger partial charge in [0, 0.05) is 5.56 Å². The van der Waals surface area contributed by atoms with Crippen LogP contribution in [0.3, 0.4) is 0 Å². The Morgan fingerprint density at radius 2 is 1.02 bits per heavy atom. The molecule has 0 spiro atoms. The first kappa shape index (κ1) is 33.2. The lowest BCUT2D eigenvalue weighted by atomic mass is 10.1. The molecule has 0 unspecified atom stereocenters. The van der Waals surface area contributed by atoms with Crippen LogP contribution in [0, 0.1) is 0 Å². The van der Waals surface area contributed by atoms with Crippen molar-refractivity contribution in [2.24, 2.45) is 0 Å². The zero-order valence-corrected chi connectivity index (χ0v) is 27.1. The van der Waals surface area contributed by atoms with Crippen LogP contribution in [0.15, 0.2) is 114 Å². The third kappa shape index (κ3) is 7.59. The molecule has 0 N–H and O–H groups in total. The Morgan fingerprint density at radius 1 is 0.500 bits per heavy atom. The van der Waals surface area contributed by atoms with Gasteiger partial charge in [-0.15, -0.1) is 0 Å². The van der Waals surface area contributed by atoms with Gasteiger partial charge in [-0.3, -0.25) is 0 Å². The summed E-state index contributed by atoms with van der Waals surface area (Å²) in [6, 6.07) is 27.8. The van der Waals surface area contributed by atoms with Crippen molar-refractivity contribution in [1.82, 2.24) is 0 Å². The van der Waals surface area contributed by atoms with Gasteiger partial charge in [0.2, 0.25) is 0 Å². The highest BCUT2D eigenvalue weighted by Gasteiger charge is 2.26. The van der Waals surface area contributed by atoms with Gasteiger partial charge in [-0.25, -0.2) is 9.59 Å². The third-order valence-corrected chi connectivity index (χ3v) is 7.36. The van der Waals surface area contributed by atoms with Gasteiger partial charge < -0.3 is 33.2 Å². The molecular weight excluding hydrogens is 612 g/mol. The molecule has 0 fully saturated rings. The van der Waals surface area contributed by atoms with E-state index in [1.807, 2.05) is 60.7 Å². The molecule has 2 aliphatic heterocycles. The highest BCUT2D eigenvalue weighted by atomic mass is 16.5. The first-order valence-electron chi connectivity index (χ1n) is 14.8. The van der Waals surface area contributed by atoms with Crippen molar-refractivity contribution in [3.05, 3.63) is 137 Å². The zero-order valence-electron chi connectivity index (χ0n) is 27.1. The average Bonchev–Trinajstić information content (AvgIpc) is 3.69. The van der Waals surface area contributed by atoms with E-state index in [4.69, 9.17) is 33.2 Å². The molecule has 0 bridgehead atoms. The Bertz CT molecular complexity index is 1930. The highest BCUT2D eigenvalue weighted by Crippen LogP contribution is 2.37. The number of carbonyl (C=O) groups is 2. The summed E-state index contributed by atoms with van der Waals surface area (Å²) in [7, 11) is 7.87. The van der Waals surface area contributed by atoms with Crippen LogP contribution in [0.4, 0.5) is 0 Å². The van der Waals surface area contributed by atoms with E-state index in [0.29, 0.717) is 62.5 Å². The molecule has 9 heteroatoms. The monoisotopic (exact) mass is 646 g/mol. The Hall–Kier alpha value is -6.22. The number of hydrogen-bond acceptors (Lipinski definition) is 9. The molecule has 9 nitrogen and oxygen atoms in total. The summed E-state index contributed by atoms with van der Waals surface area (Å²) < 4.78 is 37.3. The number of esters is 2. The van der Waals surface area contributed by atoms with Crippen LogP contribution >= 0.6 is 0 Å². The van der Waals surface area contributed by atoms with E-state index in [1.54, 1.807) is 90.2 Å².